The van der Waals surface area contributed by atoms with E-state index in [1.165, 1.54) is 18.2 Å². The molecule has 0 radical (unpaired) electrons. The van der Waals surface area contributed by atoms with E-state index in [2.05, 4.69) is 26.1 Å². The van der Waals surface area contributed by atoms with Crippen LogP contribution in [0, 0.1) is 19.7 Å². The Morgan fingerprint density at radius 3 is 2.46 bits per heavy atom. The molecule has 0 spiro atoms. The average Bonchev–Trinajstić information content (AvgIpc) is 2.50. The van der Waals surface area contributed by atoms with E-state index >= 15 is 0 Å². The molecule has 0 aliphatic rings. The van der Waals surface area contributed by atoms with E-state index in [1.807, 2.05) is 13.8 Å². The van der Waals surface area contributed by atoms with Crippen molar-refractivity contribution < 1.29 is 14.0 Å². The highest BCUT2D eigenvalue weighted by molar-refractivity contribution is 5.86. The molecule has 2 aromatic rings. The van der Waals surface area contributed by atoms with E-state index in [-0.39, 0.29) is 24.8 Å². The Hall–Kier alpha value is -3.03. The van der Waals surface area contributed by atoms with Gasteiger partial charge in [0.1, 0.15) is 5.82 Å². The van der Waals surface area contributed by atoms with Crippen molar-refractivity contribution in [2.75, 3.05) is 12.0 Å². The van der Waals surface area contributed by atoms with E-state index in [4.69, 9.17) is 0 Å². The number of rotatable bonds is 6. The Bertz CT molecular complexity index is 731. The fourth-order valence-corrected chi connectivity index (χ4v) is 2.03. The number of halogens is 1. The number of carbonyl (C=O) groups excluding carboxylic acids is 2. The molecule has 2 amide bonds. The molecule has 0 bridgehead atoms. The molecule has 3 N–H and O–H groups in total. The largest absolute Gasteiger partial charge is 0.347 e. The average molecular weight is 331 g/mol. The number of aryl methyl sites for hydroxylation is 2. The highest BCUT2D eigenvalue weighted by Crippen LogP contribution is 2.04. The van der Waals surface area contributed by atoms with Crippen LogP contribution in [0.3, 0.4) is 0 Å². The zero-order chi connectivity index (χ0) is 17.5. The number of hydrogen-bond donors (Lipinski definition) is 3. The Kier molecular flexibility index (Phi) is 5.78. The van der Waals surface area contributed by atoms with Gasteiger partial charge in [-0.3, -0.25) is 20.4 Å². The van der Waals surface area contributed by atoms with Crippen molar-refractivity contribution in [3.63, 3.8) is 0 Å². The summed E-state index contributed by atoms with van der Waals surface area (Å²) in [6, 6.07) is 7.55. The van der Waals surface area contributed by atoms with Crippen molar-refractivity contribution in [1.82, 2.24) is 20.7 Å². The molecule has 1 aromatic heterocycles. The first kappa shape index (κ1) is 17.3. The molecule has 0 saturated heterocycles. The predicted octanol–water partition coefficient (Wildman–Crippen LogP) is 1.03. The van der Waals surface area contributed by atoms with Crippen LogP contribution in [0.4, 0.5) is 10.3 Å². The van der Waals surface area contributed by atoms with Crippen LogP contribution in [0.1, 0.15) is 17.0 Å². The summed E-state index contributed by atoms with van der Waals surface area (Å²) in [5, 5.41) is 2.46. The van der Waals surface area contributed by atoms with E-state index in [0.717, 1.165) is 11.4 Å². The van der Waals surface area contributed by atoms with Crippen molar-refractivity contribution in [2.45, 2.75) is 20.3 Å². The smallest absolute Gasteiger partial charge is 0.257 e. The number of amides is 2. The Balaban J connectivity index is 1.75. The number of anilines is 1. The molecule has 1 heterocycles. The Labute approximate surface area is 138 Å². The lowest BCUT2D eigenvalue weighted by molar-refractivity contribution is -0.125. The van der Waals surface area contributed by atoms with Gasteiger partial charge in [-0.2, -0.15) is 0 Å². The monoisotopic (exact) mass is 331 g/mol. The van der Waals surface area contributed by atoms with E-state index in [1.54, 1.807) is 12.1 Å². The van der Waals surface area contributed by atoms with Crippen LogP contribution in [0.5, 0.6) is 0 Å². The minimum atomic E-state index is -0.453. The van der Waals surface area contributed by atoms with Gasteiger partial charge in [0.05, 0.1) is 13.0 Å². The maximum Gasteiger partial charge on any atom is 0.257 e. The summed E-state index contributed by atoms with van der Waals surface area (Å²) >= 11 is 0. The van der Waals surface area contributed by atoms with Gasteiger partial charge in [-0.15, -0.1) is 0 Å². The standard InChI is InChI=1S/C16H18FN5O2/c1-10-6-11(2)20-16(19-10)22-21-15(24)9-18-14(23)8-12-4-3-5-13(17)7-12/h3-7H,8-9H2,1-2H3,(H,18,23)(H,21,24)(H,19,20,22). The zero-order valence-electron chi connectivity index (χ0n) is 13.4. The Morgan fingerprint density at radius 1 is 1.08 bits per heavy atom. The molecule has 0 atom stereocenters. The van der Waals surface area contributed by atoms with Gasteiger partial charge in [-0.25, -0.2) is 14.4 Å². The summed E-state index contributed by atoms with van der Waals surface area (Å²) in [5.74, 6) is -0.966. The maximum atomic E-state index is 13.0. The topological polar surface area (TPSA) is 96.0 Å². The van der Waals surface area contributed by atoms with Crippen LogP contribution < -0.4 is 16.2 Å². The van der Waals surface area contributed by atoms with Crippen molar-refractivity contribution in [3.8, 4) is 0 Å². The molecule has 2 rings (SSSR count). The molecule has 0 unspecified atom stereocenters. The highest BCUT2D eigenvalue weighted by Gasteiger charge is 2.07. The summed E-state index contributed by atoms with van der Waals surface area (Å²) in [6.45, 7) is 3.41. The number of aromatic nitrogens is 2. The van der Waals surface area contributed by atoms with Crippen molar-refractivity contribution in [2.24, 2.45) is 0 Å². The lowest BCUT2D eigenvalue weighted by atomic mass is 10.1. The van der Waals surface area contributed by atoms with Crippen molar-refractivity contribution in [3.05, 3.63) is 53.1 Å². The summed E-state index contributed by atoms with van der Waals surface area (Å²) in [6.07, 6.45) is -0.00133. The van der Waals surface area contributed by atoms with Crippen molar-refractivity contribution >= 4 is 17.8 Å². The fraction of sp³-hybridized carbons (Fsp3) is 0.250. The first-order valence-corrected chi connectivity index (χ1v) is 7.30. The van der Waals surface area contributed by atoms with Crippen LogP contribution in [-0.4, -0.2) is 28.3 Å². The minimum Gasteiger partial charge on any atom is -0.347 e. The molecule has 8 heteroatoms. The van der Waals surface area contributed by atoms with E-state index in [9.17, 15) is 14.0 Å². The normalized spacial score (nSPS) is 10.1. The van der Waals surface area contributed by atoms with Crippen molar-refractivity contribution in [1.29, 1.82) is 0 Å². The van der Waals surface area contributed by atoms with Gasteiger partial charge in [0, 0.05) is 11.4 Å². The molecule has 0 fully saturated rings. The van der Waals surface area contributed by atoms with Gasteiger partial charge in [0.2, 0.25) is 11.9 Å². The third-order valence-electron chi connectivity index (χ3n) is 3.00. The molecule has 0 aliphatic heterocycles. The minimum absolute atomic E-state index is 0.00133. The molecule has 0 saturated carbocycles. The number of hydrazine groups is 1. The molecule has 24 heavy (non-hydrogen) atoms. The van der Waals surface area contributed by atoms with Crippen LogP contribution in [0.15, 0.2) is 30.3 Å². The molecule has 7 nitrogen and oxygen atoms in total. The zero-order valence-corrected chi connectivity index (χ0v) is 13.4. The highest BCUT2D eigenvalue weighted by atomic mass is 19.1. The summed E-state index contributed by atoms with van der Waals surface area (Å²) in [5.41, 5.74) is 7.05. The van der Waals surface area contributed by atoms with Gasteiger partial charge in [0.15, 0.2) is 0 Å². The fourth-order valence-electron chi connectivity index (χ4n) is 2.03. The Morgan fingerprint density at radius 2 is 1.79 bits per heavy atom. The first-order chi connectivity index (χ1) is 11.4. The quantitative estimate of drug-likeness (QED) is 0.687. The molecule has 1 aromatic carbocycles. The van der Waals surface area contributed by atoms with E-state index in [0.29, 0.717) is 5.56 Å². The number of nitrogens with one attached hydrogen (secondary N) is 3. The van der Waals surface area contributed by atoms with Gasteiger partial charge < -0.3 is 5.32 Å². The molecular weight excluding hydrogens is 313 g/mol. The summed E-state index contributed by atoms with van der Waals surface area (Å²) in [4.78, 5) is 31.6. The molecule has 0 aliphatic carbocycles. The number of carbonyl (C=O) groups is 2. The van der Waals surface area contributed by atoms with Crippen LogP contribution in [-0.2, 0) is 16.0 Å². The van der Waals surface area contributed by atoms with Gasteiger partial charge in [-0.1, -0.05) is 12.1 Å². The van der Waals surface area contributed by atoms with E-state index < -0.39 is 11.7 Å². The first-order valence-electron chi connectivity index (χ1n) is 7.30. The molecular formula is C16H18FN5O2. The van der Waals surface area contributed by atoms with Gasteiger partial charge >= 0.3 is 0 Å². The summed E-state index contributed by atoms with van der Waals surface area (Å²) in [7, 11) is 0. The predicted molar refractivity (Wildman–Crippen MR) is 86.4 cm³/mol. The lowest BCUT2D eigenvalue weighted by Gasteiger charge is -2.09. The maximum absolute atomic E-state index is 13.0. The third-order valence-corrected chi connectivity index (χ3v) is 3.00. The van der Waals surface area contributed by atoms with Crippen LogP contribution >= 0.6 is 0 Å². The number of hydrogen-bond acceptors (Lipinski definition) is 5. The second-order valence-electron chi connectivity index (χ2n) is 5.23. The van der Waals surface area contributed by atoms with Gasteiger partial charge in [0.25, 0.3) is 5.91 Å². The van der Waals surface area contributed by atoms with Crippen LogP contribution in [0.2, 0.25) is 0 Å². The summed E-state index contributed by atoms with van der Waals surface area (Å²) < 4.78 is 13.0. The number of nitrogens with zero attached hydrogens (tertiary/aromatic N) is 2. The van der Waals surface area contributed by atoms with Gasteiger partial charge in [-0.05, 0) is 37.6 Å². The SMILES string of the molecule is Cc1cc(C)nc(NNC(=O)CNC(=O)Cc2cccc(F)c2)n1. The number of benzene rings is 1. The molecule has 126 valence electrons. The second-order valence-corrected chi connectivity index (χ2v) is 5.23. The van der Waals surface area contributed by atoms with Crippen LogP contribution in [0.25, 0.3) is 0 Å². The third kappa shape index (κ3) is 5.64. The lowest BCUT2D eigenvalue weighted by Crippen LogP contribution is -2.40. The second kappa shape index (κ2) is 8.00.